The molecule has 0 atom stereocenters. The van der Waals surface area contributed by atoms with E-state index in [0.29, 0.717) is 23.0 Å². The third-order valence-electron chi connectivity index (χ3n) is 4.91. The lowest BCUT2D eigenvalue weighted by Crippen LogP contribution is -2.26. The number of aryl methyl sites for hydroxylation is 3. The van der Waals surface area contributed by atoms with Crippen molar-refractivity contribution in [3.8, 4) is 5.69 Å². The van der Waals surface area contributed by atoms with Crippen LogP contribution in [0.25, 0.3) is 5.69 Å². The van der Waals surface area contributed by atoms with Crippen LogP contribution in [0.2, 0.25) is 5.02 Å². The van der Waals surface area contributed by atoms with Gasteiger partial charge in [0.2, 0.25) is 0 Å². The molecule has 2 aromatic heterocycles. The summed E-state index contributed by atoms with van der Waals surface area (Å²) < 4.78 is 1.63. The summed E-state index contributed by atoms with van der Waals surface area (Å²) in [6.07, 6.45) is 6.57. The molecule has 0 spiro atoms. The molecular weight excluding hydrogens is 394 g/mol. The van der Waals surface area contributed by atoms with Crippen LogP contribution in [-0.2, 0) is 19.3 Å². The Balaban J connectivity index is 1.32. The molecule has 3 aromatic rings. The number of rotatable bonds is 6. The van der Waals surface area contributed by atoms with Crippen molar-refractivity contribution in [2.75, 3.05) is 6.54 Å². The highest BCUT2D eigenvalue weighted by Crippen LogP contribution is 2.27. The molecule has 0 saturated heterocycles. The predicted octanol–water partition coefficient (Wildman–Crippen LogP) is 3.93. The smallest absolute Gasteiger partial charge is 0.273 e. The molecule has 2 heterocycles. The van der Waals surface area contributed by atoms with E-state index in [1.165, 1.54) is 34.8 Å². The van der Waals surface area contributed by atoms with Gasteiger partial charge in [-0.25, -0.2) is 9.67 Å². The minimum absolute atomic E-state index is 0.204. The Morgan fingerprint density at radius 3 is 3.00 bits per heavy atom. The number of hydrogen-bond donors (Lipinski definition) is 1. The first-order valence-corrected chi connectivity index (χ1v) is 10.7. The van der Waals surface area contributed by atoms with E-state index in [1.54, 1.807) is 16.8 Å². The van der Waals surface area contributed by atoms with E-state index in [4.69, 9.17) is 16.6 Å². The van der Waals surface area contributed by atoms with Crippen molar-refractivity contribution in [1.82, 2.24) is 25.3 Å². The van der Waals surface area contributed by atoms with Crippen LogP contribution in [0.15, 0.2) is 24.3 Å². The zero-order chi connectivity index (χ0) is 19.5. The highest BCUT2D eigenvalue weighted by molar-refractivity contribution is 7.11. The molecule has 28 heavy (non-hydrogen) atoms. The molecule has 4 rings (SSSR count). The van der Waals surface area contributed by atoms with Gasteiger partial charge in [-0.15, -0.1) is 16.4 Å². The standard InChI is InChI=1S/C20H22ClN5OS/c1-13-19(24-25-26(13)15-7-4-6-14(21)12-15)20(27)22-11-5-10-18-23-16-8-2-3-9-17(16)28-18/h4,6-7,12H,2-3,5,8-11H2,1H3,(H,22,27). The summed E-state index contributed by atoms with van der Waals surface area (Å²) in [7, 11) is 0. The summed E-state index contributed by atoms with van der Waals surface area (Å²) in [4.78, 5) is 18.7. The van der Waals surface area contributed by atoms with Gasteiger partial charge >= 0.3 is 0 Å². The molecule has 1 aromatic carbocycles. The van der Waals surface area contributed by atoms with Crippen molar-refractivity contribution >= 4 is 28.8 Å². The fourth-order valence-electron chi connectivity index (χ4n) is 3.43. The number of aromatic nitrogens is 4. The second kappa shape index (κ2) is 8.41. The van der Waals surface area contributed by atoms with Crippen LogP contribution in [0, 0.1) is 6.92 Å². The lowest BCUT2D eigenvalue weighted by molar-refractivity contribution is 0.0947. The minimum Gasteiger partial charge on any atom is -0.351 e. The molecule has 1 N–H and O–H groups in total. The molecule has 0 radical (unpaired) electrons. The van der Waals surface area contributed by atoms with Gasteiger partial charge in [-0.2, -0.15) is 0 Å². The number of nitrogens with zero attached hydrogens (tertiary/aromatic N) is 4. The number of fused-ring (bicyclic) bond motifs is 1. The number of halogens is 1. The van der Waals surface area contributed by atoms with Gasteiger partial charge in [0.25, 0.3) is 5.91 Å². The number of benzene rings is 1. The normalized spacial score (nSPS) is 13.4. The first-order valence-electron chi connectivity index (χ1n) is 9.55. The largest absolute Gasteiger partial charge is 0.351 e. The maximum absolute atomic E-state index is 12.5. The van der Waals surface area contributed by atoms with Crippen LogP contribution in [0.5, 0.6) is 0 Å². The fraction of sp³-hybridized carbons (Fsp3) is 0.400. The first-order chi connectivity index (χ1) is 13.6. The Bertz CT molecular complexity index is 973. The Morgan fingerprint density at radius 2 is 2.18 bits per heavy atom. The van der Waals surface area contributed by atoms with Crippen molar-refractivity contribution in [1.29, 1.82) is 0 Å². The third kappa shape index (κ3) is 4.10. The van der Waals surface area contributed by atoms with Crippen LogP contribution in [-0.4, -0.2) is 32.4 Å². The maximum Gasteiger partial charge on any atom is 0.273 e. The Morgan fingerprint density at radius 1 is 1.32 bits per heavy atom. The molecule has 1 amide bonds. The average molecular weight is 416 g/mol. The topological polar surface area (TPSA) is 72.7 Å². The van der Waals surface area contributed by atoms with E-state index in [2.05, 4.69) is 15.6 Å². The zero-order valence-electron chi connectivity index (χ0n) is 15.7. The molecule has 0 unspecified atom stereocenters. The zero-order valence-corrected chi connectivity index (χ0v) is 17.3. The molecule has 1 aliphatic carbocycles. The van der Waals surface area contributed by atoms with E-state index < -0.39 is 0 Å². The number of carbonyl (C=O) groups excluding carboxylic acids is 1. The van der Waals surface area contributed by atoms with Gasteiger partial charge in [0, 0.05) is 22.9 Å². The van der Waals surface area contributed by atoms with Gasteiger partial charge in [-0.05, 0) is 57.2 Å². The molecule has 146 valence electrons. The van der Waals surface area contributed by atoms with Crippen LogP contribution in [0.1, 0.15) is 51.0 Å². The number of carbonyl (C=O) groups is 1. The molecular formula is C20H22ClN5OS. The van der Waals surface area contributed by atoms with Crippen molar-refractivity contribution < 1.29 is 4.79 Å². The fourth-order valence-corrected chi connectivity index (χ4v) is 4.81. The van der Waals surface area contributed by atoms with Gasteiger partial charge in [0.15, 0.2) is 5.69 Å². The maximum atomic E-state index is 12.5. The van der Waals surface area contributed by atoms with Gasteiger partial charge in [-0.1, -0.05) is 22.9 Å². The van der Waals surface area contributed by atoms with Crippen LogP contribution in [0.4, 0.5) is 0 Å². The van der Waals surface area contributed by atoms with E-state index in [1.807, 2.05) is 30.4 Å². The number of amides is 1. The summed E-state index contributed by atoms with van der Waals surface area (Å²) in [6.45, 7) is 2.42. The summed E-state index contributed by atoms with van der Waals surface area (Å²) in [5, 5.41) is 12.9. The van der Waals surface area contributed by atoms with Crippen molar-refractivity contribution in [3.63, 3.8) is 0 Å². The second-order valence-corrected chi connectivity index (χ2v) is 8.56. The molecule has 6 nitrogen and oxygen atoms in total. The summed E-state index contributed by atoms with van der Waals surface area (Å²) in [6, 6.07) is 7.31. The summed E-state index contributed by atoms with van der Waals surface area (Å²) in [5.41, 5.74) is 3.10. The molecule has 0 bridgehead atoms. The number of hydrogen-bond acceptors (Lipinski definition) is 5. The molecule has 8 heteroatoms. The van der Waals surface area contributed by atoms with Gasteiger partial charge in [0.1, 0.15) is 0 Å². The third-order valence-corrected chi connectivity index (χ3v) is 6.36. The SMILES string of the molecule is Cc1c(C(=O)NCCCc2nc3c(s2)CCCC3)nnn1-c1cccc(Cl)c1. The van der Waals surface area contributed by atoms with Gasteiger partial charge < -0.3 is 5.32 Å². The monoisotopic (exact) mass is 415 g/mol. The second-order valence-electron chi connectivity index (χ2n) is 6.96. The number of thiazole rings is 1. The molecule has 1 aliphatic rings. The van der Waals surface area contributed by atoms with Crippen molar-refractivity contribution in [2.24, 2.45) is 0 Å². The molecule has 0 saturated carbocycles. The molecule has 0 aliphatic heterocycles. The van der Waals surface area contributed by atoms with Gasteiger partial charge in [-0.3, -0.25) is 4.79 Å². The van der Waals surface area contributed by atoms with Crippen LogP contribution < -0.4 is 5.32 Å². The van der Waals surface area contributed by atoms with Crippen LogP contribution >= 0.6 is 22.9 Å². The highest BCUT2D eigenvalue weighted by atomic mass is 35.5. The Hall–Kier alpha value is -2.25. The van der Waals surface area contributed by atoms with E-state index in [0.717, 1.165) is 24.9 Å². The van der Waals surface area contributed by atoms with E-state index in [9.17, 15) is 4.79 Å². The minimum atomic E-state index is -0.204. The first kappa shape index (κ1) is 19.1. The average Bonchev–Trinajstić information content (AvgIpc) is 3.28. The molecule has 0 fully saturated rings. The predicted molar refractivity (Wildman–Crippen MR) is 111 cm³/mol. The summed E-state index contributed by atoms with van der Waals surface area (Å²) >= 11 is 7.87. The van der Waals surface area contributed by atoms with Crippen molar-refractivity contribution in [2.45, 2.75) is 45.4 Å². The van der Waals surface area contributed by atoms with Crippen molar-refractivity contribution in [3.05, 3.63) is 56.3 Å². The Labute approximate surface area is 172 Å². The number of nitrogens with one attached hydrogen (secondary N) is 1. The van der Waals surface area contributed by atoms with Gasteiger partial charge in [0.05, 0.1) is 22.1 Å². The van der Waals surface area contributed by atoms with E-state index >= 15 is 0 Å². The quantitative estimate of drug-likeness (QED) is 0.619. The van der Waals surface area contributed by atoms with Crippen LogP contribution in [0.3, 0.4) is 0 Å². The lowest BCUT2D eigenvalue weighted by atomic mass is 10.0. The summed E-state index contributed by atoms with van der Waals surface area (Å²) in [5.74, 6) is -0.204. The Kier molecular flexibility index (Phi) is 5.73. The highest BCUT2D eigenvalue weighted by Gasteiger charge is 2.18. The van der Waals surface area contributed by atoms with E-state index in [-0.39, 0.29) is 5.91 Å². The lowest BCUT2D eigenvalue weighted by Gasteiger charge is -2.06.